The largest absolute Gasteiger partial charge is 0.490 e. The van der Waals surface area contributed by atoms with Crippen molar-refractivity contribution in [3.63, 3.8) is 0 Å². The number of rotatable bonds is 4. The van der Waals surface area contributed by atoms with Crippen LogP contribution in [-0.4, -0.2) is 26.5 Å². The average Bonchev–Trinajstić information content (AvgIpc) is 2.99. The normalized spacial score (nSPS) is 26.1. The topological polar surface area (TPSA) is 47.0 Å². The van der Waals surface area contributed by atoms with Crippen LogP contribution in [-0.2, 0) is 9.47 Å². The molecule has 0 bridgehead atoms. The summed E-state index contributed by atoms with van der Waals surface area (Å²) in [6.45, 7) is 2.75. The highest BCUT2D eigenvalue weighted by atomic mass is 127. The van der Waals surface area contributed by atoms with Crippen molar-refractivity contribution in [2.75, 3.05) is 6.61 Å². The molecular weight excluding hydrogens is 500 g/mol. The molecule has 1 fully saturated rings. The fraction of sp³-hybridized carbons (Fsp3) is 0.474. The monoisotopic (exact) mass is 519 g/mol. The van der Waals surface area contributed by atoms with Crippen LogP contribution < -0.4 is 0 Å². The zero-order valence-electron chi connectivity index (χ0n) is 14.9. The van der Waals surface area contributed by atoms with E-state index in [1.807, 2.05) is 13.0 Å². The van der Waals surface area contributed by atoms with E-state index in [1.165, 1.54) is 12.1 Å². The maximum atomic E-state index is 6.26. The molecule has 27 heavy (non-hydrogen) atoms. The smallest absolute Gasteiger partial charge is 0.150 e. The number of allylic oxidation sites excluding steroid dienone is 4. The van der Waals surface area contributed by atoms with Crippen LogP contribution in [0.4, 0.5) is 0 Å². The highest BCUT2D eigenvalue weighted by Crippen LogP contribution is 2.41. The van der Waals surface area contributed by atoms with Crippen LogP contribution >= 0.6 is 45.8 Å². The van der Waals surface area contributed by atoms with Crippen LogP contribution in [0, 0.1) is 5.92 Å². The van der Waals surface area contributed by atoms with Gasteiger partial charge < -0.3 is 9.47 Å². The predicted molar refractivity (Wildman–Crippen MR) is 115 cm³/mol. The molecule has 0 aromatic carbocycles. The highest BCUT2D eigenvalue weighted by Gasteiger charge is 2.38. The number of hydrogen-bond acceptors (Lipinski definition) is 5. The number of halogens is 3. The number of fused-ring (bicyclic) bond motifs is 1. The Morgan fingerprint density at radius 1 is 1.26 bits per heavy atom. The molecule has 0 amide bonds. The molecule has 0 N–H and O–H groups in total. The van der Waals surface area contributed by atoms with Gasteiger partial charge in [-0.05, 0) is 60.9 Å². The van der Waals surface area contributed by atoms with Gasteiger partial charge in [0.2, 0.25) is 0 Å². The molecule has 2 aliphatic heterocycles. The first-order valence-electron chi connectivity index (χ1n) is 9.05. The minimum atomic E-state index is -0.261. The van der Waals surface area contributed by atoms with Crippen LogP contribution in [0.2, 0.25) is 10.0 Å². The summed E-state index contributed by atoms with van der Waals surface area (Å²) in [5, 5.41) is 7.84. The van der Waals surface area contributed by atoms with Crippen LogP contribution in [0.1, 0.15) is 44.3 Å². The Kier molecular flexibility index (Phi) is 5.97. The van der Waals surface area contributed by atoms with Gasteiger partial charge in [0.25, 0.3) is 0 Å². The van der Waals surface area contributed by atoms with Crippen LogP contribution in [0.3, 0.4) is 0 Å². The lowest BCUT2D eigenvalue weighted by Gasteiger charge is -2.32. The molecule has 3 heterocycles. The zero-order chi connectivity index (χ0) is 19.0. The van der Waals surface area contributed by atoms with Gasteiger partial charge in [-0.2, -0.15) is 5.10 Å². The molecule has 0 radical (unpaired) electrons. The maximum absolute atomic E-state index is 6.26. The number of nitrogens with zero attached hydrogens (tertiary/aromatic N) is 3. The standard InChI is InChI=1S/C19H20Cl2IN3O2/c1-11(18-14(20)9-23-10-15(18)21)27-12-5-6-16-13(8-12)19(22)24-25(16)17-4-2-3-7-26-17/h5-6,9-11,13,17H,2-4,7-8H2,1H3/t11-,13?,17?/m1/s1. The van der Waals surface area contributed by atoms with E-state index in [4.69, 9.17) is 37.8 Å². The first-order chi connectivity index (χ1) is 13.0. The molecular formula is C19H20Cl2IN3O2. The third-order valence-electron chi connectivity index (χ3n) is 5.01. The Hall–Kier alpha value is -0.830. The van der Waals surface area contributed by atoms with E-state index in [-0.39, 0.29) is 18.2 Å². The van der Waals surface area contributed by atoms with Crippen LogP contribution in [0.15, 0.2) is 41.1 Å². The van der Waals surface area contributed by atoms with Crippen molar-refractivity contribution in [2.24, 2.45) is 11.0 Å². The molecule has 0 spiro atoms. The van der Waals surface area contributed by atoms with E-state index in [0.717, 1.165) is 40.9 Å². The molecule has 2 unspecified atom stereocenters. The van der Waals surface area contributed by atoms with Crippen molar-refractivity contribution in [1.29, 1.82) is 0 Å². The van der Waals surface area contributed by atoms with Gasteiger partial charge in [-0.1, -0.05) is 23.2 Å². The van der Waals surface area contributed by atoms with E-state index in [2.05, 4.69) is 38.7 Å². The molecule has 3 aliphatic rings. The van der Waals surface area contributed by atoms with E-state index >= 15 is 0 Å². The lowest BCUT2D eigenvalue weighted by molar-refractivity contribution is -0.0699. The molecule has 1 saturated heterocycles. The van der Waals surface area contributed by atoms with Gasteiger partial charge in [0.15, 0.2) is 6.23 Å². The fourth-order valence-electron chi connectivity index (χ4n) is 3.67. The lowest BCUT2D eigenvalue weighted by Crippen LogP contribution is -2.35. The van der Waals surface area contributed by atoms with Crippen molar-refractivity contribution in [1.82, 2.24) is 9.99 Å². The Bertz CT molecular complexity index is 801. The van der Waals surface area contributed by atoms with Crippen molar-refractivity contribution < 1.29 is 9.47 Å². The molecule has 0 saturated carbocycles. The molecule has 1 aromatic heterocycles. The second-order valence-electron chi connectivity index (χ2n) is 6.85. The summed E-state index contributed by atoms with van der Waals surface area (Å²) in [4.78, 5) is 4.00. The molecule has 8 heteroatoms. The number of hydrogen-bond donors (Lipinski definition) is 0. The highest BCUT2D eigenvalue weighted by molar-refractivity contribution is 14.1. The summed E-state index contributed by atoms with van der Waals surface area (Å²) in [5.41, 5.74) is 1.95. The summed E-state index contributed by atoms with van der Waals surface area (Å²) >= 11 is 14.8. The Morgan fingerprint density at radius 2 is 2.04 bits per heavy atom. The SMILES string of the molecule is C[C@@H](OC1=CC=C2C(C1)C(I)=NN2C1CCCCO1)c1c(Cl)cncc1Cl. The number of pyridine rings is 1. The van der Waals surface area contributed by atoms with Gasteiger partial charge in [-0.15, -0.1) is 0 Å². The van der Waals surface area contributed by atoms with Crippen molar-refractivity contribution in [3.05, 3.63) is 51.6 Å². The van der Waals surface area contributed by atoms with E-state index in [0.29, 0.717) is 10.0 Å². The summed E-state index contributed by atoms with van der Waals surface area (Å²) in [6, 6.07) is 0. The van der Waals surface area contributed by atoms with Gasteiger partial charge >= 0.3 is 0 Å². The van der Waals surface area contributed by atoms with Crippen molar-refractivity contribution in [3.8, 4) is 0 Å². The number of hydrazone groups is 1. The summed E-state index contributed by atoms with van der Waals surface area (Å²) in [5.74, 6) is 1.11. The minimum Gasteiger partial charge on any atom is -0.490 e. The minimum absolute atomic E-state index is 0.0454. The van der Waals surface area contributed by atoms with Gasteiger partial charge in [0.1, 0.15) is 9.82 Å². The summed E-state index contributed by atoms with van der Waals surface area (Å²) in [7, 11) is 0. The maximum Gasteiger partial charge on any atom is 0.150 e. The molecule has 4 rings (SSSR count). The first kappa shape index (κ1) is 19.5. The van der Waals surface area contributed by atoms with E-state index in [1.54, 1.807) is 12.4 Å². The Labute approximate surface area is 182 Å². The van der Waals surface area contributed by atoms with Gasteiger partial charge in [0.05, 0.1) is 27.4 Å². The molecule has 1 aromatic rings. The molecule has 3 atom stereocenters. The third-order valence-corrected chi connectivity index (χ3v) is 6.58. The second-order valence-corrected chi connectivity index (χ2v) is 8.77. The van der Waals surface area contributed by atoms with Crippen LogP contribution in [0.25, 0.3) is 0 Å². The van der Waals surface area contributed by atoms with Gasteiger partial charge in [0, 0.05) is 31.0 Å². The van der Waals surface area contributed by atoms with Crippen molar-refractivity contribution >= 4 is 49.5 Å². The van der Waals surface area contributed by atoms with E-state index < -0.39 is 0 Å². The van der Waals surface area contributed by atoms with Crippen LogP contribution in [0.5, 0.6) is 0 Å². The zero-order valence-corrected chi connectivity index (χ0v) is 18.5. The average molecular weight is 520 g/mol. The summed E-state index contributed by atoms with van der Waals surface area (Å²) < 4.78 is 13.2. The second kappa shape index (κ2) is 8.27. The number of aromatic nitrogens is 1. The molecule has 144 valence electrons. The first-order valence-corrected chi connectivity index (χ1v) is 10.9. The lowest BCUT2D eigenvalue weighted by atomic mass is 9.96. The fourth-order valence-corrected chi connectivity index (χ4v) is 5.11. The summed E-state index contributed by atoms with van der Waals surface area (Å²) in [6.07, 6.45) is 11.2. The molecule has 5 nitrogen and oxygen atoms in total. The van der Waals surface area contributed by atoms with Crippen molar-refractivity contribution in [2.45, 2.75) is 44.9 Å². The molecule has 1 aliphatic carbocycles. The predicted octanol–water partition coefficient (Wildman–Crippen LogP) is 5.84. The van der Waals surface area contributed by atoms with Gasteiger partial charge in [-0.3, -0.25) is 4.98 Å². The van der Waals surface area contributed by atoms with Gasteiger partial charge in [-0.25, -0.2) is 5.01 Å². The third kappa shape index (κ3) is 3.99. The quantitative estimate of drug-likeness (QED) is 0.468. The Morgan fingerprint density at radius 3 is 2.74 bits per heavy atom. The number of ether oxygens (including phenoxy) is 2. The Balaban J connectivity index is 1.51. The van der Waals surface area contributed by atoms with E-state index in [9.17, 15) is 0 Å².